The molecule has 5 nitrogen and oxygen atoms in total. The molecule has 1 fully saturated rings. The van der Waals surface area contributed by atoms with Crippen molar-refractivity contribution in [2.75, 3.05) is 11.9 Å². The lowest BCUT2D eigenvalue weighted by atomic mass is 10.1. The zero-order chi connectivity index (χ0) is 18.5. The lowest BCUT2D eigenvalue weighted by Gasteiger charge is -2.12. The standard InChI is InChI=1S/C20H22FN3O2/c1-13-2-5-15(19(25)23-17-8-9-17)12-18(13)24-20(26)22-11-10-14-3-6-16(21)7-4-14/h2-7,12,17H,8-11H2,1H3,(H,23,25)(H2,22,24,26). The van der Waals surface area contributed by atoms with E-state index < -0.39 is 0 Å². The summed E-state index contributed by atoms with van der Waals surface area (Å²) in [6.07, 6.45) is 2.66. The molecule has 1 aliphatic carbocycles. The fourth-order valence-corrected chi connectivity index (χ4v) is 2.53. The van der Waals surface area contributed by atoms with Gasteiger partial charge in [-0.25, -0.2) is 9.18 Å². The largest absolute Gasteiger partial charge is 0.349 e. The molecule has 3 amide bonds. The molecule has 0 aromatic heterocycles. The van der Waals surface area contributed by atoms with Crippen molar-refractivity contribution in [3.63, 3.8) is 0 Å². The Morgan fingerprint density at radius 1 is 1.12 bits per heavy atom. The Bertz CT molecular complexity index is 801. The second-order valence-electron chi connectivity index (χ2n) is 6.53. The molecule has 0 bridgehead atoms. The van der Waals surface area contributed by atoms with Crippen LogP contribution in [0.5, 0.6) is 0 Å². The summed E-state index contributed by atoms with van der Waals surface area (Å²) in [5, 5.41) is 8.48. The lowest BCUT2D eigenvalue weighted by Crippen LogP contribution is -2.31. The van der Waals surface area contributed by atoms with Crippen molar-refractivity contribution in [3.05, 3.63) is 65.0 Å². The van der Waals surface area contributed by atoms with Crippen LogP contribution in [0.4, 0.5) is 14.9 Å². The average Bonchev–Trinajstić information content (AvgIpc) is 3.42. The first-order chi connectivity index (χ1) is 12.5. The molecule has 0 saturated heterocycles. The second kappa shape index (κ2) is 7.99. The number of aryl methyl sites for hydroxylation is 1. The molecule has 1 aliphatic rings. The van der Waals surface area contributed by atoms with Crippen molar-refractivity contribution in [1.82, 2.24) is 10.6 Å². The molecule has 136 valence electrons. The fourth-order valence-electron chi connectivity index (χ4n) is 2.53. The minimum absolute atomic E-state index is 0.118. The van der Waals surface area contributed by atoms with Gasteiger partial charge in [-0.05, 0) is 61.6 Å². The minimum Gasteiger partial charge on any atom is -0.349 e. The zero-order valence-electron chi connectivity index (χ0n) is 14.6. The zero-order valence-corrected chi connectivity index (χ0v) is 14.6. The Kier molecular flexibility index (Phi) is 5.51. The topological polar surface area (TPSA) is 70.2 Å². The maximum absolute atomic E-state index is 12.9. The van der Waals surface area contributed by atoms with Gasteiger partial charge in [-0.3, -0.25) is 4.79 Å². The van der Waals surface area contributed by atoms with Crippen LogP contribution in [-0.4, -0.2) is 24.5 Å². The second-order valence-corrected chi connectivity index (χ2v) is 6.53. The van der Waals surface area contributed by atoms with Crippen molar-refractivity contribution in [3.8, 4) is 0 Å². The summed E-state index contributed by atoms with van der Waals surface area (Å²) in [5.74, 6) is -0.396. The van der Waals surface area contributed by atoms with E-state index in [0.29, 0.717) is 24.2 Å². The minimum atomic E-state index is -0.338. The van der Waals surface area contributed by atoms with Gasteiger partial charge in [-0.2, -0.15) is 0 Å². The SMILES string of the molecule is Cc1ccc(C(=O)NC2CC2)cc1NC(=O)NCCc1ccc(F)cc1. The van der Waals surface area contributed by atoms with E-state index in [2.05, 4.69) is 16.0 Å². The number of halogens is 1. The number of urea groups is 1. The highest BCUT2D eigenvalue weighted by Crippen LogP contribution is 2.21. The average molecular weight is 355 g/mol. The van der Waals surface area contributed by atoms with Crippen LogP contribution < -0.4 is 16.0 Å². The summed E-state index contributed by atoms with van der Waals surface area (Å²) >= 11 is 0. The summed E-state index contributed by atoms with van der Waals surface area (Å²) in [6, 6.07) is 11.4. The Hall–Kier alpha value is -2.89. The molecule has 0 unspecified atom stereocenters. The van der Waals surface area contributed by atoms with E-state index in [1.165, 1.54) is 12.1 Å². The van der Waals surface area contributed by atoms with Crippen LogP contribution in [0.25, 0.3) is 0 Å². The van der Waals surface area contributed by atoms with Gasteiger partial charge in [0.05, 0.1) is 0 Å². The molecule has 26 heavy (non-hydrogen) atoms. The molecule has 2 aromatic rings. The number of carbonyl (C=O) groups is 2. The fraction of sp³-hybridized carbons (Fsp3) is 0.300. The number of anilines is 1. The van der Waals surface area contributed by atoms with E-state index >= 15 is 0 Å². The molecule has 6 heteroatoms. The van der Waals surface area contributed by atoms with Crippen molar-refractivity contribution in [2.24, 2.45) is 0 Å². The van der Waals surface area contributed by atoms with Crippen molar-refractivity contribution in [1.29, 1.82) is 0 Å². The predicted octanol–water partition coefficient (Wildman–Crippen LogP) is 3.39. The van der Waals surface area contributed by atoms with Gasteiger partial charge in [-0.1, -0.05) is 18.2 Å². The lowest BCUT2D eigenvalue weighted by molar-refractivity contribution is 0.0951. The molecule has 0 atom stereocenters. The number of nitrogens with one attached hydrogen (secondary N) is 3. The molecule has 0 spiro atoms. The number of rotatable bonds is 6. The van der Waals surface area contributed by atoms with Gasteiger partial charge >= 0.3 is 6.03 Å². The molecule has 3 N–H and O–H groups in total. The smallest absolute Gasteiger partial charge is 0.319 e. The quantitative estimate of drug-likeness (QED) is 0.743. The van der Waals surface area contributed by atoms with Gasteiger partial charge in [-0.15, -0.1) is 0 Å². The number of carbonyl (C=O) groups excluding carboxylic acids is 2. The van der Waals surface area contributed by atoms with Crippen LogP contribution in [0.15, 0.2) is 42.5 Å². The third-order valence-electron chi connectivity index (χ3n) is 4.27. The van der Waals surface area contributed by atoms with Crippen LogP contribution in [0, 0.1) is 12.7 Å². The van der Waals surface area contributed by atoms with Crippen molar-refractivity contribution >= 4 is 17.6 Å². The summed E-state index contributed by atoms with van der Waals surface area (Å²) < 4.78 is 12.9. The summed E-state index contributed by atoms with van der Waals surface area (Å²) in [6.45, 7) is 2.30. The Morgan fingerprint density at radius 2 is 1.85 bits per heavy atom. The van der Waals surface area contributed by atoms with Gasteiger partial charge in [0.1, 0.15) is 5.82 Å². The van der Waals surface area contributed by atoms with Crippen LogP contribution in [0.2, 0.25) is 0 Å². The number of benzene rings is 2. The predicted molar refractivity (Wildman–Crippen MR) is 98.8 cm³/mol. The number of hydrogen-bond acceptors (Lipinski definition) is 2. The maximum atomic E-state index is 12.9. The van der Waals surface area contributed by atoms with E-state index in [4.69, 9.17) is 0 Å². The van der Waals surface area contributed by atoms with Gasteiger partial charge in [0, 0.05) is 23.8 Å². The van der Waals surface area contributed by atoms with Gasteiger partial charge < -0.3 is 16.0 Å². The van der Waals surface area contributed by atoms with Crippen molar-refractivity contribution < 1.29 is 14.0 Å². The number of hydrogen-bond donors (Lipinski definition) is 3. The Morgan fingerprint density at radius 3 is 2.54 bits per heavy atom. The highest BCUT2D eigenvalue weighted by molar-refractivity contribution is 5.97. The molecular formula is C20H22FN3O2. The van der Waals surface area contributed by atoms with Gasteiger partial charge in [0.25, 0.3) is 5.91 Å². The maximum Gasteiger partial charge on any atom is 0.319 e. The van der Waals surface area contributed by atoms with E-state index in [9.17, 15) is 14.0 Å². The summed E-state index contributed by atoms with van der Waals surface area (Å²) in [7, 11) is 0. The van der Waals surface area contributed by atoms with Crippen molar-refractivity contribution in [2.45, 2.75) is 32.2 Å². The van der Waals surface area contributed by atoms with E-state index in [0.717, 1.165) is 24.0 Å². The molecule has 0 aliphatic heterocycles. The highest BCUT2D eigenvalue weighted by Gasteiger charge is 2.24. The van der Waals surface area contributed by atoms with E-state index in [-0.39, 0.29) is 23.8 Å². The summed E-state index contributed by atoms with van der Waals surface area (Å²) in [5.41, 5.74) is 2.96. The van der Waals surface area contributed by atoms with Crippen LogP contribution in [0.3, 0.4) is 0 Å². The molecule has 3 rings (SSSR count). The van der Waals surface area contributed by atoms with E-state index in [1.54, 1.807) is 24.3 Å². The molecule has 0 radical (unpaired) electrons. The molecular weight excluding hydrogens is 333 g/mol. The Labute approximate surface area is 152 Å². The normalized spacial score (nSPS) is 13.2. The third-order valence-corrected chi connectivity index (χ3v) is 4.27. The molecule has 0 heterocycles. The monoisotopic (exact) mass is 355 g/mol. The number of amides is 3. The van der Waals surface area contributed by atoms with Gasteiger partial charge in [0.2, 0.25) is 0 Å². The summed E-state index contributed by atoms with van der Waals surface area (Å²) in [4.78, 5) is 24.2. The van der Waals surface area contributed by atoms with Crippen LogP contribution in [0.1, 0.15) is 34.3 Å². The first kappa shape index (κ1) is 17.9. The van der Waals surface area contributed by atoms with E-state index in [1.807, 2.05) is 13.0 Å². The van der Waals surface area contributed by atoms with Crippen LogP contribution in [-0.2, 0) is 6.42 Å². The Balaban J connectivity index is 1.52. The first-order valence-corrected chi connectivity index (χ1v) is 8.72. The molecule has 2 aromatic carbocycles. The van der Waals surface area contributed by atoms with Crippen LogP contribution >= 0.6 is 0 Å². The van der Waals surface area contributed by atoms with Gasteiger partial charge in [0.15, 0.2) is 0 Å². The first-order valence-electron chi connectivity index (χ1n) is 8.72. The highest BCUT2D eigenvalue weighted by atomic mass is 19.1. The third kappa shape index (κ3) is 5.05. The molecule has 1 saturated carbocycles.